The second-order valence-electron chi connectivity index (χ2n) is 10.9. The van der Waals surface area contributed by atoms with Gasteiger partial charge in [-0.3, -0.25) is 24.2 Å². The van der Waals surface area contributed by atoms with E-state index >= 15 is 0 Å². The van der Waals surface area contributed by atoms with E-state index in [9.17, 15) is 19.2 Å². The first-order valence-electron chi connectivity index (χ1n) is 16.7. The van der Waals surface area contributed by atoms with E-state index in [1.165, 1.54) is 18.0 Å². The highest BCUT2D eigenvalue weighted by atomic mass is 32.1. The number of aryl methyl sites for hydroxylation is 1. The molecule has 49 heavy (non-hydrogen) atoms. The Kier molecular flexibility index (Phi) is 34.0. The number of nitrogens with one attached hydrogen (secondary N) is 6. The van der Waals surface area contributed by atoms with Gasteiger partial charge < -0.3 is 49.1 Å². The molecule has 0 saturated heterocycles. The van der Waals surface area contributed by atoms with Crippen molar-refractivity contribution >= 4 is 47.2 Å². The summed E-state index contributed by atoms with van der Waals surface area (Å²) in [5.74, 6) is -1.48. The van der Waals surface area contributed by atoms with Gasteiger partial charge in [0, 0.05) is 31.5 Å². The Morgan fingerprint density at radius 1 is 0.898 bits per heavy atom. The van der Waals surface area contributed by atoms with Crippen LogP contribution in [0.5, 0.6) is 0 Å². The zero-order chi connectivity index (χ0) is 38.0. The Morgan fingerprint density at radius 3 is 1.94 bits per heavy atom. The SMILES string of the molecule is CC.CC(=O)CNC(=O)C(CCCCN)NC(=O)CNC(=O)C(CCCN=C(N)N)NC(C)C.CN/C=C(/C)NC=S.Cc1ccccc1. The number of aliphatic imine (C=N–C) groups is 1. The van der Waals surface area contributed by atoms with Gasteiger partial charge >= 0.3 is 0 Å². The highest BCUT2D eigenvalue weighted by molar-refractivity contribution is 7.78. The molecule has 1 aromatic rings. The Hall–Kier alpha value is -4.08. The van der Waals surface area contributed by atoms with Crippen molar-refractivity contribution in [3.63, 3.8) is 0 Å². The number of ketones is 1. The first kappa shape index (κ1) is 49.3. The number of thiocarbonyl (C=S) groups is 1. The van der Waals surface area contributed by atoms with E-state index < -0.39 is 23.9 Å². The Balaban J connectivity index is -0.00000100. The van der Waals surface area contributed by atoms with Crippen LogP contribution in [0.4, 0.5) is 0 Å². The largest absolute Gasteiger partial charge is 0.393 e. The number of rotatable bonds is 20. The van der Waals surface area contributed by atoms with E-state index in [1.807, 2.05) is 66.1 Å². The first-order chi connectivity index (χ1) is 23.3. The van der Waals surface area contributed by atoms with Crippen LogP contribution in [0.2, 0.25) is 0 Å². The quantitative estimate of drug-likeness (QED) is 0.0408. The van der Waals surface area contributed by atoms with Crippen molar-refractivity contribution < 1.29 is 19.2 Å². The molecular weight excluding hydrogens is 645 g/mol. The zero-order valence-corrected chi connectivity index (χ0v) is 31.7. The molecular formula is C34H64N10O4S. The summed E-state index contributed by atoms with van der Waals surface area (Å²) >= 11 is 4.54. The van der Waals surface area contributed by atoms with Gasteiger partial charge in [0.1, 0.15) is 11.8 Å². The summed E-state index contributed by atoms with van der Waals surface area (Å²) in [6.45, 7) is 13.7. The lowest BCUT2D eigenvalue weighted by Crippen LogP contribution is -2.52. The van der Waals surface area contributed by atoms with Crippen LogP contribution >= 0.6 is 12.2 Å². The second kappa shape index (κ2) is 33.8. The molecule has 3 amide bonds. The summed E-state index contributed by atoms with van der Waals surface area (Å²) < 4.78 is 0. The number of carbonyl (C=O) groups is 4. The molecule has 0 heterocycles. The van der Waals surface area contributed by atoms with E-state index in [1.54, 1.807) is 0 Å². The second-order valence-corrected chi connectivity index (χ2v) is 11.1. The number of amides is 3. The van der Waals surface area contributed by atoms with E-state index in [2.05, 4.69) is 68.2 Å². The lowest BCUT2D eigenvalue weighted by molar-refractivity contribution is -0.131. The number of nitrogens with zero attached hydrogens (tertiary/aromatic N) is 1. The third-order valence-electron chi connectivity index (χ3n) is 5.92. The summed E-state index contributed by atoms with van der Waals surface area (Å²) in [5, 5.41) is 16.6. The summed E-state index contributed by atoms with van der Waals surface area (Å²) in [4.78, 5) is 52.2. The number of guanidine groups is 1. The topological polar surface area (TPSA) is 231 Å². The van der Waals surface area contributed by atoms with Crippen molar-refractivity contribution in [3.8, 4) is 0 Å². The molecule has 0 aromatic heterocycles. The third-order valence-corrected chi connectivity index (χ3v) is 6.04. The molecule has 0 aliphatic heterocycles. The van der Waals surface area contributed by atoms with Gasteiger partial charge in [-0.2, -0.15) is 0 Å². The standard InChI is InChI=1S/C20H40N8O4.C7H8.C5H10N2S.C2H6/c1-13(2)27-15(8-6-10-24-20(22)23)18(31)26-12-17(30)28-16(7-4-5-9-21)19(32)25-11-14(3)29;1-7-5-3-2-4-6-7;1-5(3-6-2)7-4-8;1-2/h13,15-16,27H,4-12,21H2,1-3H3,(H,25,32)(H,26,31)(H,28,30)(H4,22,23,24);2-6H,1H3;3-4,6H,1-2H3,(H,7,8);1-2H3/b;;5-3-;. The molecule has 0 bridgehead atoms. The van der Waals surface area contributed by atoms with Gasteiger partial charge in [0.2, 0.25) is 17.7 Å². The molecule has 2 atom stereocenters. The summed E-state index contributed by atoms with van der Waals surface area (Å²) in [7, 11) is 1.84. The van der Waals surface area contributed by atoms with E-state index in [0.29, 0.717) is 45.2 Å². The van der Waals surface area contributed by atoms with Crippen LogP contribution in [-0.4, -0.2) is 86.3 Å². The minimum Gasteiger partial charge on any atom is -0.393 e. The normalized spacial score (nSPS) is 11.3. The van der Waals surface area contributed by atoms with Gasteiger partial charge in [0.15, 0.2) is 5.96 Å². The maximum Gasteiger partial charge on any atom is 0.242 e. The highest BCUT2D eigenvalue weighted by Crippen LogP contribution is 2.02. The monoisotopic (exact) mass is 708 g/mol. The molecule has 1 rings (SSSR count). The zero-order valence-electron chi connectivity index (χ0n) is 30.9. The fraction of sp³-hybridized carbons (Fsp3) is 0.588. The summed E-state index contributed by atoms with van der Waals surface area (Å²) in [6, 6.07) is 8.99. The Bertz CT molecular complexity index is 1100. The van der Waals surface area contributed by atoms with Gasteiger partial charge in [-0.1, -0.05) is 75.8 Å². The van der Waals surface area contributed by atoms with Crippen molar-refractivity contribution in [2.24, 2.45) is 22.2 Å². The fourth-order valence-electron chi connectivity index (χ4n) is 3.71. The molecule has 12 N–H and O–H groups in total. The maximum absolute atomic E-state index is 12.5. The predicted molar refractivity (Wildman–Crippen MR) is 206 cm³/mol. The minimum absolute atomic E-state index is 0.00662. The molecule has 0 aliphatic rings. The minimum atomic E-state index is -0.811. The predicted octanol–water partition coefficient (Wildman–Crippen LogP) is 1.48. The van der Waals surface area contributed by atoms with Crippen LogP contribution in [0.25, 0.3) is 0 Å². The number of carbonyl (C=O) groups excluding carboxylic acids is 4. The molecule has 0 saturated carbocycles. The molecule has 2 unspecified atom stereocenters. The summed E-state index contributed by atoms with van der Waals surface area (Å²) in [6.07, 6.45) is 4.62. The molecule has 15 heteroatoms. The van der Waals surface area contributed by atoms with Crippen molar-refractivity contribution in [3.05, 3.63) is 47.8 Å². The first-order valence-corrected chi connectivity index (χ1v) is 17.2. The van der Waals surface area contributed by atoms with Crippen molar-refractivity contribution in [1.29, 1.82) is 0 Å². The average Bonchev–Trinajstić information content (AvgIpc) is 3.05. The molecule has 0 aliphatic carbocycles. The van der Waals surface area contributed by atoms with Crippen LogP contribution in [0, 0.1) is 6.92 Å². The molecule has 0 radical (unpaired) electrons. The van der Waals surface area contributed by atoms with E-state index in [0.717, 1.165) is 5.70 Å². The van der Waals surface area contributed by atoms with Crippen LogP contribution in [0.1, 0.15) is 79.2 Å². The molecule has 0 spiro atoms. The number of hydrogen-bond acceptors (Lipinski definition) is 9. The molecule has 280 valence electrons. The van der Waals surface area contributed by atoms with E-state index in [-0.39, 0.29) is 36.8 Å². The van der Waals surface area contributed by atoms with Gasteiger partial charge in [0.05, 0.1) is 24.6 Å². The third kappa shape index (κ3) is 33.6. The van der Waals surface area contributed by atoms with Crippen molar-refractivity contribution in [2.45, 2.75) is 98.7 Å². The van der Waals surface area contributed by atoms with Crippen molar-refractivity contribution in [1.82, 2.24) is 31.9 Å². The average molecular weight is 709 g/mol. The number of benzene rings is 1. The van der Waals surface area contributed by atoms with Gasteiger partial charge in [-0.05, 0) is 59.4 Å². The Labute approximate surface area is 299 Å². The van der Waals surface area contributed by atoms with Crippen LogP contribution < -0.4 is 49.1 Å². The number of allylic oxidation sites excluding steroid dienone is 1. The molecule has 0 fully saturated rings. The number of unbranched alkanes of at least 4 members (excludes halogenated alkanes) is 1. The van der Waals surface area contributed by atoms with Crippen LogP contribution in [-0.2, 0) is 19.2 Å². The van der Waals surface area contributed by atoms with Crippen LogP contribution in [0.3, 0.4) is 0 Å². The lowest BCUT2D eigenvalue weighted by Gasteiger charge is -2.21. The molecule has 14 nitrogen and oxygen atoms in total. The van der Waals surface area contributed by atoms with Crippen molar-refractivity contribution in [2.75, 3.05) is 33.2 Å². The summed E-state index contributed by atoms with van der Waals surface area (Å²) in [5.41, 5.74) is 19.9. The number of Topliss-reactive ketones (excluding diaryl/α,β-unsaturated/α-hetero) is 1. The highest BCUT2D eigenvalue weighted by Gasteiger charge is 2.23. The molecule has 1 aromatic carbocycles. The van der Waals surface area contributed by atoms with Crippen LogP contribution in [0.15, 0.2) is 47.2 Å². The lowest BCUT2D eigenvalue weighted by atomic mass is 10.1. The maximum atomic E-state index is 12.5. The van der Waals surface area contributed by atoms with Gasteiger partial charge in [-0.25, -0.2) is 0 Å². The van der Waals surface area contributed by atoms with Gasteiger partial charge in [0.25, 0.3) is 0 Å². The fourth-order valence-corrected chi connectivity index (χ4v) is 3.90. The number of nitrogens with two attached hydrogens (primary N) is 3. The smallest absolute Gasteiger partial charge is 0.242 e. The van der Waals surface area contributed by atoms with E-state index in [4.69, 9.17) is 17.2 Å². The van der Waals surface area contributed by atoms with Gasteiger partial charge in [-0.15, -0.1) is 0 Å². The number of hydrogen-bond donors (Lipinski definition) is 9. The Morgan fingerprint density at radius 2 is 1.47 bits per heavy atom.